The maximum absolute atomic E-state index is 12.8. The van der Waals surface area contributed by atoms with Crippen LogP contribution in [0.3, 0.4) is 0 Å². The monoisotopic (exact) mass is 473 g/mol. The van der Waals surface area contributed by atoms with Gasteiger partial charge in [-0.3, -0.25) is 4.90 Å². The third-order valence-electron chi connectivity index (χ3n) is 4.69. The minimum atomic E-state index is -3.82. The van der Waals surface area contributed by atoms with Crippen LogP contribution in [0, 0.1) is 0 Å². The number of amides is 1. The first-order chi connectivity index (χ1) is 14.2. The van der Waals surface area contributed by atoms with E-state index in [0.717, 1.165) is 37.5 Å². The SMILES string of the molecule is O=C(O)NCc1ccc(S(=O)(=O)c2ccc(S(=O)(=O)CCN3CCNCC3)cc2)s1. The third kappa shape index (κ3) is 5.58. The lowest BCUT2D eigenvalue weighted by atomic mass is 10.4. The lowest BCUT2D eigenvalue weighted by Gasteiger charge is -2.26. The van der Waals surface area contributed by atoms with Crippen molar-refractivity contribution in [2.75, 3.05) is 38.5 Å². The van der Waals surface area contributed by atoms with Gasteiger partial charge in [0.25, 0.3) is 0 Å². The van der Waals surface area contributed by atoms with Crippen molar-refractivity contribution < 1.29 is 26.7 Å². The zero-order chi connectivity index (χ0) is 21.8. The van der Waals surface area contributed by atoms with Crippen molar-refractivity contribution in [1.82, 2.24) is 15.5 Å². The molecule has 9 nitrogen and oxygen atoms in total. The Morgan fingerprint density at radius 3 is 2.30 bits per heavy atom. The Labute approximate surface area is 179 Å². The van der Waals surface area contributed by atoms with Crippen molar-refractivity contribution in [3.63, 3.8) is 0 Å². The van der Waals surface area contributed by atoms with E-state index in [9.17, 15) is 21.6 Å². The molecule has 1 aromatic carbocycles. The number of rotatable bonds is 8. The average Bonchev–Trinajstić information content (AvgIpc) is 3.22. The normalized spacial score (nSPS) is 15.7. The van der Waals surface area contributed by atoms with E-state index in [2.05, 4.69) is 15.5 Å². The summed E-state index contributed by atoms with van der Waals surface area (Å²) in [6, 6.07) is 8.18. The second kappa shape index (κ2) is 9.43. The molecule has 1 saturated heterocycles. The van der Waals surface area contributed by atoms with Crippen molar-refractivity contribution in [3.8, 4) is 0 Å². The Morgan fingerprint density at radius 2 is 1.67 bits per heavy atom. The van der Waals surface area contributed by atoms with Crippen molar-refractivity contribution >= 4 is 37.1 Å². The summed E-state index contributed by atoms with van der Waals surface area (Å²) < 4.78 is 50.8. The summed E-state index contributed by atoms with van der Waals surface area (Å²) in [7, 11) is -7.33. The van der Waals surface area contributed by atoms with E-state index in [1.165, 1.54) is 30.3 Å². The van der Waals surface area contributed by atoms with Gasteiger partial charge in [0.2, 0.25) is 9.84 Å². The molecule has 0 spiro atoms. The van der Waals surface area contributed by atoms with Crippen LogP contribution in [-0.4, -0.2) is 71.4 Å². The van der Waals surface area contributed by atoms with Crippen molar-refractivity contribution in [3.05, 3.63) is 41.3 Å². The predicted octanol–water partition coefficient (Wildman–Crippen LogP) is 1.03. The van der Waals surface area contributed by atoms with E-state index in [0.29, 0.717) is 11.4 Å². The number of benzene rings is 1. The Hall–Kier alpha value is -1.99. The van der Waals surface area contributed by atoms with E-state index in [1.807, 2.05) is 0 Å². The van der Waals surface area contributed by atoms with E-state index < -0.39 is 25.8 Å². The van der Waals surface area contributed by atoms with Gasteiger partial charge in [-0.25, -0.2) is 21.6 Å². The summed E-state index contributed by atoms with van der Waals surface area (Å²) in [4.78, 5) is 13.3. The number of nitrogens with zero attached hydrogens (tertiary/aromatic N) is 1. The van der Waals surface area contributed by atoms with E-state index >= 15 is 0 Å². The van der Waals surface area contributed by atoms with Gasteiger partial charge < -0.3 is 15.7 Å². The largest absolute Gasteiger partial charge is 0.465 e. The van der Waals surface area contributed by atoms with Gasteiger partial charge in [0.1, 0.15) is 4.21 Å². The summed E-state index contributed by atoms with van der Waals surface area (Å²) >= 11 is 0.968. The molecule has 0 saturated carbocycles. The highest BCUT2D eigenvalue weighted by Crippen LogP contribution is 2.28. The molecule has 0 atom stereocenters. The molecule has 3 rings (SSSR count). The summed E-state index contributed by atoms with van der Waals surface area (Å²) in [6.45, 7) is 3.73. The van der Waals surface area contributed by atoms with Crippen LogP contribution >= 0.6 is 11.3 Å². The lowest BCUT2D eigenvalue weighted by Crippen LogP contribution is -2.45. The van der Waals surface area contributed by atoms with Crippen LogP contribution in [0.2, 0.25) is 0 Å². The highest BCUT2D eigenvalue weighted by Gasteiger charge is 2.22. The number of sulfone groups is 2. The first kappa shape index (κ1) is 22.7. The maximum Gasteiger partial charge on any atom is 0.404 e. The van der Waals surface area contributed by atoms with Gasteiger partial charge in [-0.1, -0.05) is 0 Å². The Morgan fingerprint density at radius 1 is 1.03 bits per heavy atom. The van der Waals surface area contributed by atoms with E-state index in [1.54, 1.807) is 6.07 Å². The molecule has 30 heavy (non-hydrogen) atoms. The first-order valence-electron chi connectivity index (χ1n) is 9.25. The molecular formula is C18H23N3O6S3. The molecule has 0 bridgehead atoms. The van der Waals surface area contributed by atoms with E-state index in [-0.39, 0.29) is 26.3 Å². The topological polar surface area (TPSA) is 133 Å². The molecule has 0 unspecified atom stereocenters. The molecule has 164 valence electrons. The molecule has 1 fully saturated rings. The van der Waals surface area contributed by atoms with Gasteiger partial charge in [-0.05, 0) is 36.4 Å². The van der Waals surface area contributed by atoms with Crippen LogP contribution in [0.5, 0.6) is 0 Å². The summed E-state index contributed by atoms with van der Waals surface area (Å²) in [5.74, 6) is -0.0239. The Kier molecular flexibility index (Phi) is 7.14. The number of thiophene rings is 1. The molecule has 0 aliphatic carbocycles. The molecule has 2 heterocycles. The average molecular weight is 474 g/mol. The van der Waals surface area contributed by atoms with Crippen LogP contribution in [-0.2, 0) is 26.2 Å². The standard InChI is InChI=1S/C18H23N3O6S3/c22-18(23)20-13-14-1-6-17(28-14)30(26,27)16-4-2-15(3-5-16)29(24,25)12-11-21-9-7-19-8-10-21/h1-6,19-20H,7-13H2,(H,22,23). The van der Waals surface area contributed by atoms with Crippen LogP contribution < -0.4 is 10.6 Å². The van der Waals surface area contributed by atoms with Crippen molar-refractivity contribution in [1.29, 1.82) is 0 Å². The van der Waals surface area contributed by atoms with Crippen molar-refractivity contribution in [2.24, 2.45) is 0 Å². The fraction of sp³-hybridized carbons (Fsp3) is 0.389. The third-order valence-corrected chi connectivity index (χ3v) is 9.75. The van der Waals surface area contributed by atoms with Crippen LogP contribution in [0.1, 0.15) is 4.88 Å². The van der Waals surface area contributed by atoms with Gasteiger partial charge in [0, 0.05) is 37.6 Å². The predicted molar refractivity (Wildman–Crippen MR) is 112 cm³/mol. The van der Waals surface area contributed by atoms with E-state index in [4.69, 9.17) is 5.11 Å². The summed E-state index contributed by atoms with van der Waals surface area (Å²) in [6.07, 6.45) is -1.19. The lowest BCUT2D eigenvalue weighted by molar-refractivity contribution is 0.194. The molecule has 1 aliphatic rings. The second-order valence-electron chi connectivity index (χ2n) is 6.76. The molecular weight excluding hydrogens is 450 g/mol. The molecule has 1 aromatic heterocycles. The Bertz CT molecular complexity index is 1090. The minimum absolute atomic E-state index is 0.0110. The van der Waals surface area contributed by atoms with Crippen LogP contribution in [0.25, 0.3) is 0 Å². The quantitative estimate of drug-likeness (QED) is 0.518. The smallest absolute Gasteiger partial charge is 0.404 e. The second-order valence-corrected chi connectivity index (χ2v) is 12.2. The fourth-order valence-corrected chi connectivity index (χ4v) is 6.99. The van der Waals surface area contributed by atoms with Gasteiger partial charge in [-0.2, -0.15) is 0 Å². The first-order valence-corrected chi connectivity index (χ1v) is 13.2. The number of nitrogens with one attached hydrogen (secondary N) is 2. The number of hydrogen-bond donors (Lipinski definition) is 3. The molecule has 3 N–H and O–H groups in total. The van der Waals surface area contributed by atoms with Gasteiger partial charge in [-0.15, -0.1) is 11.3 Å². The van der Waals surface area contributed by atoms with Crippen LogP contribution in [0.4, 0.5) is 4.79 Å². The fourth-order valence-electron chi connectivity index (χ4n) is 3.00. The molecule has 0 radical (unpaired) electrons. The molecule has 1 aliphatic heterocycles. The highest BCUT2D eigenvalue weighted by atomic mass is 32.2. The zero-order valence-corrected chi connectivity index (χ0v) is 18.5. The summed E-state index contributed by atoms with van der Waals surface area (Å²) in [5, 5.41) is 14.0. The number of carboxylic acid groups (broad SMARTS) is 1. The van der Waals surface area contributed by atoms with Crippen LogP contribution in [0.15, 0.2) is 50.4 Å². The highest BCUT2D eigenvalue weighted by molar-refractivity contribution is 7.93. The van der Waals surface area contributed by atoms with Crippen molar-refractivity contribution in [2.45, 2.75) is 20.5 Å². The minimum Gasteiger partial charge on any atom is -0.465 e. The molecule has 2 aromatic rings. The summed E-state index contributed by atoms with van der Waals surface area (Å²) in [5.41, 5.74) is 0. The van der Waals surface area contributed by atoms with Gasteiger partial charge in [0.05, 0.1) is 22.1 Å². The van der Waals surface area contributed by atoms with Gasteiger partial charge >= 0.3 is 6.09 Å². The Balaban J connectivity index is 1.70. The zero-order valence-electron chi connectivity index (χ0n) is 16.1. The maximum atomic E-state index is 12.8. The number of carbonyl (C=O) groups is 1. The molecule has 1 amide bonds. The number of hydrogen-bond acceptors (Lipinski definition) is 8. The molecule has 12 heteroatoms. The number of piperazine rings is 1. The van der Waals surface area contributed by atoms with Gasteiger partial charge in [0.15, 0.2) is 9.84 Å².